The molecule has 0 aromatic heterocycles. The Balaban J connectivity index is 0.000000221. The zero-order valence-corrected chi connectivity index (χ0v) is 16.8. The quantitative estimate of drug-likeness (QED) is 0.274. The lowest BCUT2D eigenvalue weighted by Crippen LogP contribution is -1.81. The summed E-state index contributed by atoms with van der Waals surface area (Å²) >= 11 is 5.82. The van der Waals surface area contributed by atoms with Crippen LogP contribution in [0, 0.1) is 6.92 Å². The van der Waals surface area contributed by atoms with E-state index in [1.165, 1.54) is 11.6 Å². The van der Waals surface area contributed by atoms with Gasteiger partial charge in [0, 0.05) is 5.02 Å². The molecular formula is C25H23ClO2. The van der Waals surface area contributed by atoms with Crippen LogP contribution in [-0.4, -0.2) is 13.4 Å². The van der Waals surface area contributed by atoms with Gasteiger partial charge in [0.25, 0.3) is 0 Å². The van der Waals surface area contributed by atoms with Crippen LogP contribution in [0.4, 0.5) is 0 Å². The first-order valence-electron chi connectivity index (χ1n) is 8.87. The minimum Gasteiger partial charge on any atom is -0.497 e. The van der Waals surface area contributed by atoms with Crippen molar-refractivity contribution < 1.29 is 9.53 Å². The molecule has 0 N–H and O–H groups in total. The van der Waals surface area contributed by atoms with E-state index < -0.39 is 0 Å². The molecule has 0 spiro atoms. The minimum absolute atomic E-state index is 0.756. The molecule has 0 amide bonds. The molecule has 3 rings (SSSR count). The number of aldehydes is 1. The molecule has 0 bridgehead atoms. The van der Waals surface area contributed by atoms with Crippen molar-refractivity contribution in [2.45, 2.75) is 6.92 Å². The van der Waals surface area contributed by atoms with Crippen LogP contribution in [0.5, 0.6) is 5.75 Å². The molecule has 0 saturated carbocycles. The van der Waals surface area contributed by atoms with Crippen LogP contribution in [0.2, 0.25) is 5.02 Å². The summed E-state index contributed by atoms with van der Waals surface area (Å²) in [4.78, 5) is 9.96. The topological polar surface area (TPSA) is 26.3 Å². The highest BCUT2D eigenvalue weighted by molar-refractivity contribution is 6.30. The van der Waals surface area contributed by atoms with E-state index >= 15 is 0 Å². The van der Waals surface area contributed by atoms with Crippen molar-refractivity contribution >= 4 is 36.1 Å². The molecule has 142 valence electrons. The summed E-state index contributed by atoms with van der Waals surface area (Å²) in [5, 5.41) is 0.756. The molecule has 0 radical (unpaired) electrons. The van der Waals surface area contributed by atoms with Gasteiger partial charge < -0.3 is 4.74 Å². The highest BCUT2D eigenvalue weighted by Gasteiger charge is 1.91. The summed E-state index contributed by atoms with van der Waals surface area (Å²) in [6.45, 7) is 2.03. The molecule has 3 heteroatoms. The number of allylic oxidation sites excluding steroid dienone is 1. The van der Waals surface area contributed by atoms with Gasteiger partial charge in [0.1, 0.15) is 12.0 Å². The van der Waals surface area contributed by atoms with Crippen molar-refractivity contribution in [3.05, 3.63) is 106 Å². The highest BCUT2D eigenvalue weighted by Crippen LogP contribution is 2.15. The number of carbonyl (C=O) groups is 1. The Morgan fingerprint density at radius 2 is 1.18 bits per heavy atom. The predicted molar refractivity (Wildman–Crippen MR) is 120 cm³/mol. The number of carbonyl (C=O) groups excluding carboxylic acids is 1. The molecule has 28 heavy (non-hydrogen) atoms. The Morgan fingerprint density at radius 1 is 0.714 bits per heavy atom. The number of ether oxygens (including phenoxy) is 1. The van der Waals surface area contributed by atoms with Crippen molar-refractivity contribution in [2.24, 2.45) is 0 Å². The third-order valence-corrected chi connectivity index (χ3v) is 4.15. The highest BCUT2D eigenvalue weighted by atomic mass is 35.5. The largest absolute Gasteiger partial charge is 0.497 e. The predicted octanol–water partition coefficient (Wildman–Crippen LogP) is 6.73. The molecule has 0 atom stereocenters. The van der Waals surface area contributed by atoms with Crippen LogP contribution in [0.1, 0.15) is 22.3 Å². The first-order valence-corrected chi connectivity index (χ1v) is 9.25. The lowest BCUT2D eigenvalue weighted by Gasteiger charge is -1.99. The summed E-state index contributed by atoms with van der Waals surface area (Å²) in [6, 6.07) is 23.7. The fourth-order valence-electron chi connectivity index (χ4n) is 2.31. The van der Waals surface area contributed by atoms with Crippen LogP contribution in [0.25, 0.3) is 18.2 Å². The maximum atomic E-state index is 9.96. The van der Waals surface area contributed by atoms with Gasteiger partial charge in [-0.15, -0.1) is 0 Å². The molecule has 3 aromatic carbocycles. The molecule has 0 unspecified atom stereocenters. The average Bonchev–Trinajstić information content (AvgIpc) is 2.74. The summed E-state index contributed by atoms with van der Waals surface area (Å²) < 4.78 is 5.11. The Bertz CT molecular complexity index is 906. The lowest BCUT2D eigenvalue weighted by atomic mass is 10.1. The molecular weight excluding hydrogens is 368 g/mol. The van der Waals surface area contributed by atoms with Crippen molar-refractivity contribution in [1.29, 1.82) is 0 Å². The number of benzene rings is 3. The first kappa shape index (κ1) is 21.2. The smallest absolute Gasteiger partial charge is 0.142 e. The van der Waals surface area contributed by atoms with Gasteiger partial charge in [-0.05, 0) is 54.0 Å². The van der Waals surface area contributed by atoms with Crippen LogP contribution < -0.4 is 4.74 Å². The van der Waals surface area contributed by atoms with Crippen LogP contribution >= 0.6 is 11.6 Å². The normalized spacial score (nSPS) is 10.5. The van der Waals surface area contributed by atoms with Gasteiger partial charge in [-0.3, -0.25) is 4.79 Å². The molecule has 0 heterocycles. The van der Waals surface area contributed by atoms with Gasteiger partial charge in [-0.2, -0.15) is 0 Å². The third kappa shape index (κ3) is 7.65. The van der Waals surface area contributed by atoms with E-state index in [-0.39, 0.29) is 0 Å². The summed E-state index contributed by atoms with van der Waals surface area (Å²) in [7, 11) is 1.67. The fourth-order valence-corrected chi connectivity index (χ4v) is 2.44. The molecule has 2 nitrogen and oxygen atoms in total. The summed E-state index contributed by atoms with van der Waals surface area (Å²) in [5.74, 6) is 0.869. The zero-order chi connectivity index (χ0) is 20.2. The number of halogens is 1. The van der Waals surface area contributed by atoms with Gasteiger partial charge in [0.05, 0.1) is 7.11 Å². The van der Waals surface area contributed by atoms with E-state index in [2.05, 4.69) is 12.2 Å². The number of rotatable bonds is 5. The lowest BCUT2D eigenvalue weighted by molar-refractivity contribution is -0.104. The Labute approximate surface area is 171 Å². The second-order valence-electron chi connectivity index (χ2n) is 6.06. The molecule has 0 aliphatic rings. The van der Waals surface area contributed by atoms with E-state index in [9.17, 15) is 4.79 Å². The van der Waals surface area contributed by atoms with E-state index in [4.69, 9.17) is 16.3 Å². The number of methoxy groups -OCH3 is 1. The summed E-state index contributed by atoms with van der Waals surface area (Å²) in [6.07, 6.45) is 8.16. The standard InChI is InChI=1S/C15H13ClO.C10H10O/c1-17-15-10-6-13(7-11-15)3-2-12-4-8-14(16)9-5-12;1-9-4-6-10(7-5-9)3-2-8-11/h2-11H,1H3;2-8H,1H3/b2*3-2+. The summed E-state index contributed by atoms with van der Waals surface area (Å²) in [5.41, 5.74) is 4.56. The molecule has 0 aliphatic carbocycles. The third-order valence-electron chi connectivity index (χ3n) is 3.90. The van der Waals surface area contributed by atoms with E-state index in [1.807, 2.05) is 79.7 Å². The van der Waals surface area contributed by atoms with Gasteiger partial charge in [0.2, 0.25) is 0 Å². The maximum absolute atomic E-state index is 9.96. The number of hydrogen-bond acceptors (Lipinski definition) is 2. The minimum atomic E-state index is 0.756. The molecule has 3 aromatic rings. The zero-order valence-electron chi connectivity index (χ0n) is 16.0. The second kappa shape index (κ2) is 11.6. The molecule has 0 fully saturated rings. The Morgan fingerprint density at radius 3 is 1.68 bits per heavy atom. The van der Waals surface area contributed by atoms with E-state index in [0.717, 1.165) is 33.7 Å². The molecule has 0 aliphatic heterocycles. The average molecular weight is 391 g/mol. The van der Waals surface area contributed by atoms with Crippen LogP contribution in [-0.2, 0) is 4.79 Å². The fraction of sp³-hybridized carbons (Fsp3) is 0.0800. The van der Waals surface area contributed by atoms with Crippen LogP contribution in [0.3, 0.4) is 0 Å². The van der Waals surface area contributed by atoms with E-state index in [1.54, 1.807) is 13.2 Å². The van der Waals surface area contributed by atoms with Crippen molar-refractivity contribution in [3.8, 4) is 5.75 Å². The maximum Gasteiger partial charge on any atom is 0.142 e. The van der Waals surface area contributed by atoms with Crippen LogP contribution in [0.15, 0.2) is 78.9 Å². The van der Waals surface area contributed by atoms with Crippen molar-refractivity contribution in [3.63, 3.8) is 0 Å². The van der Waals surface area contributed by atoms with Gasteiger partial charge >= 0.3 is 0 Å². The Kier molecular flexibility index (Phi) is 8.77. The van der Waals surface area contributed by atoms with Crippen molar-refractivity contribution in [2.75, 3.05) is 7.11 Å². The second-order valence-corrected chi connectivity index (χ2v) is 6.50. The van der Waals surface area contributed by atoms with Gasteiger partial charge in [0.15, 0.2) is 0 Å². The van der Waals surface area contributed by atoms with Crippen molar-refractivity contribution in [1.82, 2.24) is 0 Å². The van der Waals surface area contributed by atoms with E-state index in [0.29, 0.717) is 0 Å². The number of aryl methyl sites for hydroxylation is 1. The Hall–Kier alpha value is -3.10. The monoisotopic (exact) mass is 390 g/mol. The first-order chi connectivity index (χ1) is 13.6. The van der Waals surface area contributed by atoms with Gasteiger partial charge in [-0.1, -0.05) is 83.9 Å². The molecule has 0 saturated heterocycles. The number of hydrogen-bond donors (Lipinski definition) is 0. The SMILES string of the molecule is COc1ccc(/C=C/c2ccc(Cl)cc2)cc1.Cc1ccc(/C=C/C=O)cc1. The van der Waals surface area contributed by atoms with Gasteiger partial charge in [-0.25, -0.2) is 0 Å².